The number of benzene rings is 2. The van der Waals surface area contributed by atoms with Gasteiger partial charge in [-0.25, -0.2) is 0 Å². The van der Waals surface area contributed by atoms with Crippen LogP contribution in [0, 0.1) is 0 Å². The number of hydrogen-bond acceptors (Lipinski definition) is 6. The molecule has 2 rings (SSSR count). The van der Waals surface area contributed by atoms with Crippen LogP contribution in [0.2, 0.25) is 0 Å². The number of amides is 1. The Labute approximate surface area is 189 Å². The van der Waals surface area contributed by atoms with Crippen molar-refractivity contribution in [1.82, 2.24) is 0 Å². The maximum Gasteiger partial charge on any atom is 0.306 e. The van der Waals surface area contributed by atoms with Gasteiger partial charge in [0.2, 0.25) is 5.91 Å². The third kappa shape index (κ3) is 8.23. The maximum atomic E-state index is 12.2. The van der Waals surface area contributed by atoms with Crippen molar-refractivity contribution in [1.29, 1.82) is 0 Å². The summed E-state index contributed by atoms with van der Waals surface area (Å²) in [5.41, 5.74) is 1.72. The molecular formula is C25H33NO6. The minimum atomic E-state index is -0.693. The lowest BCUT2D eigenvalue weighted by Gasteiger charge is -2.19. The van der Waals surface area contributed by atoms with Crippen molar-refractivity contribution in [2.24, 2.45) is 0 Å². The highest BCUT2D eigenvalue weighted by atomic mass is 16.6. The number of esters is 1. The van der Waals surface area contributed by atoms with Crippen LogP contribution in [0.5, 0.6) is 11.5 Å². The second-order valence-corrected chi connectivity index (χ2v) is 8.50. The standard InChI is InChI=1S/C25H33NO6/c1-25(2,3)32-24(29)14-13-23(28)26-19-8-6-7-18(16-19)20(27)11-9-17-10-12-21(30-4)22(15-17)31-5/h6-8,10,12,15-16,20,27H,9,11,13-14H2,1-5H3,(H,26,28)/t20-/m1/s1. The fourth-order valence-corrected chi connectivity index (χ4v) is 3.16. The number of aliphatic hydroxyl groups excluding tert-OH is 1. The van der Waals surface area contributed by atoms with Crippen LogP contribution >= 0.6 is 0 Å². The van der Waals surface area contributed by atoms with Crippen molar-refractivity contribution in [2.75, 3.05) is 19.5 Å². The molecule has 0 aromatic heterocycles. The third-order valence-electron chi connectivity index (χ3n) is 4.69. The third-order valence-corrected chi connectivity index (χ3v) is 4.69. The van der Waals surface area contributed by atoms with E-state index in [-0.39, 0.29) is 18.7 Å². The minimum Gasteiger partial charge on any atom is -0.493 e. The predicted molar refractivity (Wildman–Crippen MR) is 123 cm³/mol. The first-order valence-electron chi connectivity index (χ1n) is 10.6. The molecule has 0 aliphatic heterocycles. The van der Waals surface area contributed by atoms with Crippen molar-refractivity contribution in [2.45, 2.75) is 58.2 Å². The summed E-state index contributed by atoms with van der Waals surface area (Å²) >= 11 is 0. The smallest absolute Gasteiger partial charge is 0.306 e. The zero-order valence-corrected chi connectivity index (χ0v) is 19.4. The van der Waals surface area contributed by atoms with Crippen LogP contribution in [0.15, 0.2) is 42.5 Å². The summed E-state index contributed by atoms with van der Waals surface area (Å²) in [6.45, 7) is 5.35. The van der Waals surface area contributed by atoms with E-state index in [1.165, 1.54) is 0 Å². The van der Waals surface area contributed by atoms with E-state index >= 15 is 0 Å². The number of carbonyl (C=O) groups is 2. The monoisotopic (exact) mass is 443 g/mol. The fourth-order valence-electron chi connectivity index (χ4n) is 3.16. The van der Waals surface area contributed by atoms with Crippen LogP contribution in [0.4, 0.5) is 5.69 Å². The van der Waals surface area contributed by atoms with E-state index in [1.54, 1.807) is 53.2 Å². The molecule has 2 aromatic rings. The summed E-state index contributed by atoms with van der Waals surface area (Å²) < 4.78 is 15.8. The molecule has 2 aromatic carbocycles. The average Bonchev–Trinajstić information content (AvgIpc) is 2.74. The Morgan fingerprint density at radius 1 is 1.00 bits per heavy atom. The largest absolute Gasteiger partial charge is 0.493 e. The van der Waals surface area contributed by atoms with E-state index in [0.717, 1.165) is 5.56 Å². The topological polar surface area (TPSA) is 94.1 Å². The van der Waals surface area contributed by atoms with E-state index in [1.807, 2.05) is 24.3 Å². The molecule has 174 valence electrons. The van der Waals surface area contributed by atoms with Crippen molar-refractivity contribution in [3.05, 3.63) is 53.6 Å². The Kier molecular flexibility index (Phi) is 9.08. The normalized spacial score (nSPS) is 12.1. The fraction of sp³-hybridized carbons (Fsp3) is 0.440. The van der Waals surface area contributed by atoms with E-state index in [9.17, 15) is 14.7 Å². The number of carbonyl (C=O) groups excluding carboxylic acids is 2. The number of aliphatic hydroxyl groups is 1. The summed E-state index contributed by atoms with van der Waals surface area (Å²) in [6.07, 6.45) is 0.499. The maximum absolute atomic E-state index is 12.2. The molecule has 0 spiro atoms. The average molecular weight is 444 g/mol. The Hall–Kier alpha value is -3.06. The molecule has 0 saturated carbocycles. The summed E-state index contributed by atoms with van der Waals surface area (Å²) in [4.78, 5) is 24.0. The van der Waals surface area contributed by atoms with Crippen molar-refractivity contribution in [3.63, 3.8) is 0 Å². The van der Waals surface area contributed by atoms with Gasteiger partial charge in [-0.15, -0.1) is 0 Å². The molecule has 7 heteroatoms. The van der Waals surface area contributed by atoms with Crippen molar-refractivity contribution < 1.29 is 28.9 Å². The Morgan fingerprint density at radius 2 is 1.72 bits per heavy atom. The first-order valence-corrected chi connectivity index (χ1v) is 10.6. The highest BCUT2D eigenvalue weighted by Crippen LogP contribution is 2.29. The number of aryl methyl sites for hydroxylation is 1. The zero-order valence-electron chi connectivity index (χ0n) is 19.4. The van der Waals surface area contributed by atoms with Gasteiger partial charge in [0, 0.05) is 12.1 Å². The van der Waals surface area contributed by atoms with E-state index < -0.39 is 17.7 Å². The molecule has 0 unspecified atom stereocenters. The molecule has 1 atom stereocenters. The lowest BCUT2D eigenvalue weighted by molar-refractivity contribution is -0.155. The summed E-state index contributed by atoms with van der Waals surface area (Å²) in [7, 11) is 3.17. The van der Waals surface area contributed by atoms with Crippen LogP contribution < -0.4 is 14.8 Å². The first kappa shape index (κ1) is 25.2. The number of nitrogens with one attached hydrogen (secondary N) is 1. The molecular weight excluding hydrogens is 410 g/mol. The van der Waals surface area contributed by atoms with Crippen molar-refractivity contribution >= 4 is 17.6 Å². The van der Waals surface area contributed by atoms with Gasteiger partial charge in [-0.1, -0.05) is 18.2 Å². The van der Waals surface area contributed by atoms with Gasteiger partial charge in [0.25, 0.3) is 0 Å². The van der Waals surface area contributed by atoms with Gasteiger partial charge < -0.3 is 24.6 Å². The molecule has 0 radical (unpaired) electrons. The second-order valence-electron chi connectivity index (χ2n) is 8.50. The molecule has 32 heavy (non-hydrogen) atoms. The van der Waals surface area contributed by atoms with Gasteiger partial charge >= 0.3 is 5.97 Å². The summed E-state index contributed by atoms with van der Waals surface area (Å²) in [5.74, 6) is 0.613. The van der Waals surface area contributed by atoms with Crippen LogP contribution in [0.3, 0.4) is 0 Å². The highest BCUT2D eigenvalue weighted by molar-refractivity contribution is 5.92. The van der Waals surface area contributed by atoms with Crippen LogP contribution in [-0.4, -0.2) is 36.8 Å². The SMILES string of the molecule is COc1ccc(CC[C@@H](O)c2cccc(NC(=O)CCC(=O)OC(C)(C)C)c2)cc1OC. The van der Waals surface area contributed by atoms with E-state index in [2.05, 4.69) is 5.32 Å². The molecule has 7 nitrogen and oxygen atoms in total. The molecule has 0 saturated heterocycles. The quantitative estimate of drug-likeness (QED) is 0.528. The van der Waals surface area contributed by atoms with Crippen LogP contribution in [-0.2, 0) is 20.7 Å². The summed E-state index contributed by atoms with van der Waals surface area (Å²) in [5, 5.41) is 13.4. The van der Waals surface area contributed by atoms with Gasteiger partial charge in [-0.2, -0.15) is 0 Å². The molecule has 0 fully saturated rings. The van der Waals surface area contributed by atoms with Gasteiger partial charge in [-0.05, 0) is 69.0 Å². The Balaban J connectivity index is 1.90. The molecule has 0 aliphatic carbocycles. The predicted octanol–water partition coefficient (Wildman–Crippen LogP) is 4.43. The molecule has 0 heterocycles. The zero-order chi connectivity index (χ0) is 23.7. The molecule has 0 bridgehead atoms. The molecule has 0 aliphatic rings. The number of methoxy groups -OCH3 is 2. The van der Waals surface area contributed by atoms with Crippen LogP contribution in [0.25, 0.3) is 0 Å². The van der Waals surface area contributed by atoms with E-state index in [4.69, 9.17) is 14.2 Å². The van der Waals surface area contributed by atoms with Gasteiger partial charge in [-0.3, -0.25) is 9.59 Å². The van der Waals surface area contributed by atoms with Gasteiger partial charge in [0.05, 0.1) is 26.7 Å². The lowest BCUT2D eigenvalue weighted by Crippen LogP contribution is -2.24. The van der Waals surface area contributed by atoms with Crippen LogP contribution in [0.1, 0.15) is 57.3 Å². The van der Waals surface area contributed by atoms with E-state index in [0.29, 0.717) is 35.6 Å². The Morgan fingerprint density at radius 3 is 2.38 bits per heavy atom. The number of anilines is 1. The van der Waals surface area contributed by atoms with Gasteiger partial charge in [0.1, 0.15) is 5.60 Å². The number of rotatable bonds is 10. The molecule has 2 N–H and O–H groups in total. The lowest BCUT2D eigenvalue weighted by atomic mass is 10.0. The van der Waals surface area contributed by atoms with Gasteiger partial charge in [0.15, 0.2) is 11.5 Å². The molecule has 1 amide bonds. The summed E-state index contributed by atoms with van der Waals surface area (Å²) in [6, 6.07) is 12.8. The minimum absolute atomic E-state index is 0.0107. The number of ether oxygens (including phenoxy) is 3. The number of hydrogen-bond donors (Lipinski definition) is 2. The second kappa shape index (κ2) is 11.5. The Bertz CT molecular complexity index is 919. The first-order chi connectivity index (χ1) is 15.1. The highest BCUT2D eigenvalue weighted by Gasteiger charge is 2.17. The van der Waals surface area contributed by atoms with Crippen molar-refractivity contribution in [3.8, 4) is 11.5 Å².